The Bertz CT molecular complexity index is 3290. The molecule has 2 nitrogen and oxygen atoms in total. The molecule has 0 fully saturated rings. The standard InChI is InChI=1S/C63H71BN2/c1-57(2,3)36-21-24-38(25-22-36)66-50-35-46-44(60(9,10)28-30-62(46,13)14)33-41(50)53-54-51(39-19-17-18-20-42(39)63(54,15)16)52-40-32-43-45(61(11,12)29-27-59(43,7)8)34-49(40)65-48-26-23-37(58(4,5)6)31-47(48)64(66)55(53)56(52)65/h17-26,31-35H,27-30H2,1-16H3. The van der Waals surface area contributed by atoms with Crippen molar-refractivity contribution in [3.63, 3.8) is 0 Å². The molecule has 6 aromatic carbocycles. The summed E-state index contributed by atoms with van der Waals surface area (Å²) < 4.78 is 2.77. The molecule has 7 aromatic rings. The smallest absolute Gasteiger partial charge is 0.333 e. The highest BCUT2D eigenvalue weighted by atomic mass is 15.1. The van der Waals surface area contributed by atoms with E-state index in [0.29, 0.717) is 0 Å². The van der Waals surface area contributed by atoms with Gasteiger partial charge < -0.3 is 9.38 Å². The monoisotopic (exact) mass is 867 g/mol. The Morgan fingerprint density at radius 2 is 1.05 bits per heavy atom. The predicted molar refractivity (Wildman–Crippen MR) is 285 cm³/mol. The van der Waals surface area contributed by atoms with E-state index in [1.807, 2.05) is 0 Å². The molecule has 336 valence electrons. The van der Waals surface area contributed by atoms with Crippen LogP contribution in [0.5, 0.6) is 0 Å². The fourth-order valence-corrected chi connectivity index (χ4v) is 13.8. The number of aromatic nitrogens is 1. The van der Waals surface area contributed by atoms with Crippen molar-refractivity contribution in [3.05, 3.63) is 136 Å². The van der Waals surface area contributed by atoms with Crippen LogP contribution in [0.2, 0.25) is 0 Å². The van der Waals surface area contributed by atoms with Gasteiger partial charge in [-0.1, -0.05) is 159 Å². The normalized spacial score (nSPS) is 19.8. The summed E-state index contributed by atoms with van der Waals surface area (Å²) in [6.07, 6.45) is 4.75. The molecule has 0 N–H and O–H groups in total. The van der Waals surface area contributed by atoms with Crippen molar-refractivity contribution in [1.29, 1.82) is 0 Å². The zero-order valence-electron chi connectivity index (χ0n) is 43.0. The molecule has 0 radical (unpaired) electrons. The topological polar surface area (TPSA) is 8.17 Å². The molecule has 0 saturated carbocycles. The lowest BCUT2D eigenvalue weighted by Gasteiger charge is -2.47. The molecule has 0 atom stereocenters. The fraction of sp³-hybridized carbons (Fsp3) is 0.429. The van der Waals surface area contributed by atoms with Crippen LogP contribution in [0.1, 0.15) is 181 Å². The van der Waals surface area contributed by atoms with E-state index >= 15 is 0 Å². The van der Waals surface area contributed by atoms with Gasteiger partial charge in [0.2, 0.25) is 0 Å². The maximum absolute atomic E-state index is 2.81. The third kappa shape index (κ3) is 5.44. The van der Waals surface area contributed by atoms with Gasteiger partial charge in [0.05, 0.1) is 11.0 Å². The molecule has 3 heterocycles. The van der Waals surface area contributed by atoms with Crippen LogP contribution in [0.25, 0.3) is 49.7 Å². The SMILES string of the molecule is CC(C)(C)c1ccc(N2B3c4cc(C(C)(C)C)ccc4-n4c5cc6c(cc5c5c7c(c(c3c54)-c3cc4c(cc32)C(C)(C)CCC4(C)C)C(C)(C)c2ccccc2-7)C(C)(C)CCC6(C)C)cc1. The summed E-state index contributed by atoms with van der Waals surface area (Å²) >= 11 is 0. The summed E-state index contributed by atoms with van der Waals surface area (Å²) in [5.74, 6) is 0. The molecule has 5 aliphatic rings. The summed E-state index contributed by atoms with van der Waals surface area (Å²) in [5, 5.41) is 2.85. The molecular weight excluding hydrogens is 796 g/mol. The first-order chi connectivity index (χ1) is 30.7. The summed E-state index contributed by atoms with van der Waals surface area (Å²) in [5.41, 5.74) is 27.2. The van der Waals surface area contributed by atoms with Gasteiger partial charge in [-0.2, -0.15) is 0 Å². The number of fused-ring (bicyclic) bond motifs is 15. The number of benzene rings is 6. The maximum Gasteiger partial charge on any atom is 0.333 e. The van der Waals surface area contributed by atoms with Crippen molar-refractivity contribution in [2.45, 2.75) is 174 Å². The average Bonchev–Trinajstić information content (AvgIpc) is 3.70. The van der Waals surface area contributed by atoms with Gasteiger partial charge in [-0.05, 0) is 173 Å². The Morgan fingerprint density at radius 1 is 0.500 bits per heavy atom. The first kappa shape index (κ1) is 42.3. The van der Waals surface area contributed by atoms with Crippen LogP contribution < -0.4 is 15.7 Å². The molecule has 66 heavy (non-hydrogen) atoms. The lowest BCUT2D eigenvalue weighted by molar-refractivity contribution is 0.332. The van der Waals surface area contributed by atoms with Gasteiger partial charge in [0.1, 0.15) is 0 Å². The van der Waals surface area contributed by atoms with E-state index in [0.717, 1.165) is 0 Å². The largest absolute Gasteiger partial charge is 0.376 e. The molecule has 0 amide bonds. The van der Waals surface area contributed by atoms with Gasteiger partial charge in [0.15, 0.2) is 0 Å². The highest BCUT2D eigenvalue weighted by Gasteiger charge is 2.52. The minimum atomic E-state index is -0.230. The lowest BCUT2D eigenvalue weighted by atomic mass is 9.42. The van der Waals surface area contributed by atoms with Crippen LogP contribution in [0, 0.1) is 0 Å². The van der Waals surface area contributed by atoms with E-state index in [-0.39, 0.29) is 44.8 Å². The maximum atomic E-state index is 2.81. The predicted octanol–water partition coefficient (Wildman–Crippen LogP) is 15.6. The van der Waals surface area contributed by atoms with Crippen LogP contribution in [-0.2, 0) is 37.9 Å². The van der Waals surface area contributed by atoms with Crippen LogP contribution in [0.4, 0.5) is 11.4 Å². The van der Waals surface area contributed by atoms with Crippen molar-refractivity contribution in [1.82, 2.24) is 4.57 Å². The van der Waals surface area contributed by atoms with Crippen molar-refractivity contribution in [3.8, 4) is 27.9 Å². The Kier molecular flexibility index (Phi) is 8.17. The number of rotatable bonds is 1. The summed E-state index contributed by atoms with van der Waals surface area (Å²) in [6, 6.07) is 37.5. The van der Waals surface area contributed by atoms with Crippen LogP contribution in [0.3, 0.4) is 0 Å². The Balaban J connectivity index is 1.35. The quantitative estimate of drug-likeness (QED) is 0.149. The second kappa shape index (κ2) is 12.7. The molecule has 0 saturated heterocycles. The van der Waals surface area contributed by atoms with E-state index in [9.17, 15) is 0 Å². The first-order valence-electron chi connectivity index (χ1n) is 25.3. The van der Waals surface area contributed by atoms with Gasteiger partial charge in [-0.15, -0.1) is 0 Å². The average molecular weight is 867 g/mol. The van der Waals surface area contributed by atoms with E-state index in [2.05, 4.69) is 211 Å². The first-order valence-corrected chi connectivity index (χ1v) is 25.3. The zero-order chi connectivity index (χ0) is 46.8. The van der Waals surface area contributed by atoms with Crippen molar-refractivity contribution < 1.29 is 0 Å². The number of hydrogen-bond acceptors (Lipinski definition) is 1. The zero-order valence-corrected chi connectivity index (χ0v) is 43.0. The van der Waals surface area contributed by atoms with Gasteiger partial charge >= 0.3 is 6.85 Å². The molecular formula is C63H71BN2. The Labute approximate surface area is 396 Å². The van der Waals surface area contributed by atoms with E-state index < -0.39 is 0 Å². The van der Waals surface area contributed by atoms with Crippen LogP contribution in [0.15, 0.2) is 91.0 Å². The molecule has 1 aromatic heterocycles. The third-order valence-electron chi connectivity index (χ3n) is 18.2. The fourth-order valence-electron chi connectivity index (χ4n) is 13.8. The Morgan fingerprint density at radius 3 is 1.65 bits per heavy atom. The molecule has 0 unspecified atom stereocenters. The number of anilines is 2. The lowest BCUT2D eigenvalue weighted by Crippen LogP contribution is -2.61. The molecule has 2 aliphatic heterocycles. The number of hydrogen-bond donors (Lipinski definition) is 0. The molecule has 3 heteroatoms. The summed E-state index contributed by atoms with van der Waals surface area (Å²) in [4.78, 5) is 2.81. The minimum Gasteiger partial charge on any atom is -0.376 e. The van der Waals surface area contributed by atoms with Gasteiger partial charge in [-0.25, -0.2) is 0 Å². The third-order valence-corrected chi connectivity index (χ3v) is 18.2. The Hall–Kier alpha value is -5.02. The van der Waals surface area contributed by atoms with Crippen molar-refractivity contribution in [2.24, 2.45) is 0 Å². The van der Waals surface area contributed by atoms with Crippen molar-refractivity contribution >= 4 is 51.0 Å². The second-order valence-corrected chi connectivity index (χ2v) is 26.7. The molecule has 0 bridgehead atoms. The van der Waals surface area contributed by atoms with Gasteiger partial charge in [-0.3, -0.25) is 0 Å². The van der Waals surface area contributed by atoms with E-state index in [1.165, 1.54) is 142 Å². The highest BCUT2D eigenvalue weighted by molar-refractivity contribution is 6.94. The molecule has 12 rings (SSSR count). The van der Waals surface area contributed by atoms with E-state index in [1.54, 1.807) is 0 Å². The highest BCUT2D eigenvalue weighted by Crippen LogP contribution is 2.61. The minimum absolute atomic E-state index is 0.0249. The van der Waals surface area contributed by atoms with Crippen LogP contribution in [-0.4, -0.2) is 11.4 Å². The van der Waals surface area contributed by atoms with Crippen LogP contribution >= 0.6 is 0 Å². The second-order valence-electron chi connectivity index (χ2n) is 26.7. The summed E-state index contributed by atoms with van der Waals surface area (Å²) in [7, 11) is 0. The van der Waals surface area contributed by atoms with Gasteiger partial charge in [0.25, 0.3) is 0 Å². The van der Waals surface area contributed by atoms with Gasteiger partial charge in [0, 0.05) is 38.8 Å². The molecule has 3 aliphatic carbocycles. The van der Waals surface area contributed by atoms with E-state index in [4.69, 9.17) is 0 Å². The number of nitrogens with zero attached hydrogens (tertiary/aromatic N) is 2. The summed E-state index contributed by atoms with van der Waals surface area (Å²) in [6.45, 7) is 39.2. The molecule has 0 spiro atoms. The van der Waals surface area contributed by atoms with Crippen molar-refractivity contribution in [2.75, 3.05) is 4.81 Å².